The number of hydrogen-bond acceptors (Lipinski definition) is 5. The Kier molecular flexibility index (Phi) is 6.74. The molecule has 3 rings (SSSR count). The van der Waals surface area contributed by atoms with E-state index in [4.69, 9.17) is 4.74 Å². The van der Waals surface area contributed by atoms with Gasteiger partial charge in [-0.1, -0.05) is 6.92 Å². The first-order valence-electron chi connectivity index (χ1n) is 9.73. The lowest BCUT2D eigenvalue weighted by Crippen LogP contribution is -2.49. The van der Waals surface area contributed by atoms with Gasteiger partial charge < -0.3 is 9.64 Å². The number of nitrogens with zero attached hydrogens (tertiary/aromatic N) is 3. The summed E-state index contributed by atoms with van der Waals surface area (Å²) >= 11 is 0. The molecule has 2 fully saturated rings. The summed E-state index contributed by atoms with van der Waals surface area (Å²) in [5.41, 5.74) is 0.329. The van der Waals surface area contributed by atoms with Crippen LogP contribution in [0.25, 0.3) is 0 Å². The van der Waals surface area contributed by atoms with Gasteiger partial charge in [0.1, 0.15) is 11.9 Å². The van der Waals surface area contributed by atoms with Crippen LogP contribution in [-0.2, 0) is 19.1 Å². The van der Waals surface area contributed by atoms with Crippen LogP contribution in [0.4, 0.5) is 10.1 Å². The lowest BCUT2D eigenvalue weighted by molar-refractivity contribution is -0.138. The predicted molar refractivity (Wildman–Crippen MR) is 101 cm³/mol. The average molecular weight is 391 g/mol. The standard InChI is InChI=1S/C20H26FN3O4/c1-2-3-18(25)23(9-8-22-10-12-28-13-11-22)17-14-19(26)24(20(17)27)16-6-4-15(21)5-7-16/h4-7,17H,2-3,8-14H2,1H3. The summed E-state index contributed by atoms with van der Waals surface area (Å²) in [6, 6.07) is 4.42. The molecule has 3 amide bonds. The average Bonchev–Trinajstić information content (AvgIpc) is 2.98. The molecule has 2 heterocycles. The molecule has 7 nitrogen and oxygen atoms in total. The smallest absolute Gasteiger partial charge is 0.257 e. The number of rotatable bonds is 7. The van der Waals surface area contributed by atoms with E-state index in [2.05, 4.69) is 4.90 Å². The number of ether oxygens (including phenoxy) is 1. The van der Waals surface area contributed by atoms with Crippen LogP contribution in [-0.4, -0.2) is 73.0 Å². The first-order valence-corrected chi connectivity index (χ1v) is 9.73. The van der Waals surface area contributed by atoms with E-state index in [-0.39, 0.29) is 18.2 Å². The van der Waals surface area contributed by atoms with Gasteiger partial charge in [-0.2, -0.15) is 0 Å². The maximum Gasteiger partial charge on any atom is 0.257 e. The molecule has 152 valence electrons. The number of imide groups is 1. The summed E-state index contributed by atoms with van der Waals surface area (Å²) in [6.07, 6.45) is 0.954. The fourth-order valence-electron chi connectivity index (χ4n) is 3.61. The summed E-state index contributed by atoms with van der Waals surface area (Å²) in [7, 11) is 0. The van der Waals surface area contributed by atoms with Crippen LogP contribution in [0.5, 0.6) is 0 Å². The van der Waals surface area contributed by atoms with Crippen molar-refractivity contribution < 1.29 is 23.5 Å². The summed E-state index contributed by atoms with van der Waals surface area (Å²) in [5, 5.41) is 0. The van der Waals surface area contributed by atoms with Gasteiger partial charge in [-0.05, 0) is 30.7 Å². The number of carbonyl (C=O) groups is 3. The Balaban J connectivity index is 1.75. The Labute approximate surface area is 164 Å². The van der Waals surface area contributed by atoms with Crippen molar-refractivity contribution in [3.63, 3.8) is 0 Å². The van der Waals surface area contributed by atoms with Gasteiger partial charge in [0.05, 0.1) is 25.3 Å². The van der Waals surface area contributed by atoms with Crippen molar-refractivity contribution in [2.24, 2.45) is 0 Å². The minimum Gasteiger partial charge on any atom is -0.379 e. The molecule has 0 saturated carbocycles. The minimum atomic E-state index is -0.808. The third-order valence-corrected chi connectivity index (χ3v) is 5.13. The molecular weight excluding hydrogens is 365 g/mol. The molecule has 28 heavy (non-hydrogen) atoms. The molecule has 2 saturated heterocycles. The van der Waals surface area contributed by atoms with Crippen molar-refractivity contribution in [1.29, 1.82) is 0 Å². The van der Waals surface area contributed by atoms with E-state index in [1.807, 2.05) is 6.92 Å². The quantitative estimate of drug-likeness (QED) is 0.658. The van der Waals surface area contributed by atoms with Crippen LogP contribution in [0.2, 0.25) is 0 Å². The Morgan fingerprint density at radius 2 is 1.89 bits per heavy atom. The predicted octanol–water partition coefficient (Wildman–Crippen LogP) is 1.42. The van der Waals surface area contributed by atoms with Gasteiger partial charge in [-0.15, -0.1) is 0 Å². The zero-order valence-corrected chi connectivity index (χ0v) is 16.1. The number of anilines is 1. The Morgan fingerprint density at radius 1 is 1.21 bits per heavy atom. The van der Waals surface area contributed by atoms with Gasteiger partial charge in [0.2, 0.25) is 11.8 Å². The van der Waals surface area contributed by atoms with E-state index in [0.29, 0.717) is 44.8 Å². The van der Waals surface area contributed by atoms with Gasteiger partial charge in [0.15, 0.2) is 0 Å². The first-order chi connectivity index (χ1) is 13.5. The second-order valence-electron chi connectivity index (χ2n) is 7.05. The molecule has 0 radical (unpaired) electrons. The highest BCUT2D eigenvalue weighted by molar-refractivity contribution is 6.23. The lowest BCUT2D eigenvalue weighted by atomic mass is 10.1. The largest absolute Gasteiger partial charge is 0.379 e. The minimum absolute atomic E-state index is 0.0469. The summed E-state index contributed by atoms with van der Waals surface area (Å²) in [6.45, 7) is 5.81. The van der Waals surface area contributed by atoms with Gasteiger partial charge in [0.25, 0.3) is 5.91 Å². The van der Waals surface area contributed by atoms with Crippen molar-refractivity contribution in [1.82, 2.24) is 9.80 Å². The normalized spacial score (nSPS) is 20.6. The van der Waals surface area contributed by atoms with E-state index in [1.54, 1.807) is 4.90 Å². The number of amides is 3. The number of morpholine rings is 1. The van der Waals surface area contributed by atoms with Crippen molar-refractivity contribution in [3.8, 4) is 0 Å². The Bertz CT molecular complexity index is 719. The topological polar surface area (TPSA) is 70.2 Å². The van der Waals surface area contributed by atoms with Crippen LogP contribution >= 0.6 is 0 Å². The fraction of sp³-hybridized carbons (Fsp3) is 0.550. The van der Waals surface area contributed by atoms with Crippen LogP contribution < -0.4 is 4.90 Å². The summed E-state index contributed by atoms with van der Waals surface area (Å²) < 4.78 is 18.5. The van der Waals surface area contributed by atoms with E-state index in [1.165, 1.54) is 24.3 Å². The molecule has 2 aliphatic rings. The summed E-state index contributed by atoms with van der Waals surface area (Å²) in [5.74, 6) is -1.36. The highest BCUT2D eigenvalue weighted by atomic mass is 19.1. The van der Waals surface area contributed by atoms with E-state index in [9.17, 15) is 18.8 Å². The first kappa shape index (κ1) is 20.4. The SMILES string of the molecule is CCCC(=O)N(CCN1CCOCC1)C1CC(=O)N(c2ccc(F)cc2)C1=O. The zero-order valence-electron chi connectivity index (χ0n) is 16.1. The molecule has 0 N–H and O–H groups in total. The van der Waals surface area contributed by atoms with Gasteiger partial charge >= 0.3 is 0 Å². The summed E-state index contributed by atoms with van der Waals surface area (Å²) in [4.78, 5) is 43.0. The van der Waals surface area contributed by atoms with Crippen LogP contribution in [0, 0.1) is 5.82 Å². The third kappa shape index (κ3) is 4.56. The molecular formula is C20H26FN3O4. The van der Waals surface area contributed by atoms with Gasteiger partial charge in [0, 0.05) is 32.6 Å². The van der Waals surface area contributed by atoms with Crippen molar-refractivity contribution >= 4 is 23.4 Å². The maximum atomic E-state index is 13.2. The molecule has 1 unspecified atom stereocenters. The molecule has 8 heteroatoms. The molecule has 0 bridgehead atoms. The molecule has 1 aromatic rings. The van der Waals surface area contributed by atoms with Crippen molar-refractivity contribution in [2.75, 3.05) is 44.3 Å². The number of carbonyl (C=O) groups excluding carboxylic acids is 3. The molecule has 0 aromatic heterocycles. The molecule has 0 aliphatic carbocycles. The third-order valence-electron chi connectivity index (χ3n) is 5.13. The zero-order chi connectivity index (χ0) is 20.1. The Morgan fingerprint density at radius 3 is 2.54 bits per heavy atom. The van der Waals surface area contributed by atoms with Crippen molar-refractivity contribution in [2.45, 2.75) is 32.2 Å². The monoisotopic (exact) mass is 391 g/mol. The van der Waals surface area contributed by atoms with E-state index in [0.717, 1.165) is 18.0 Å². The molecule has 2 aliphatic heterocycles. The Hall–Kier alpha value is -2.32. The second-order valence-corrected chi connectivity index (χ2v) is 7.05. The van der Waals surface area contributed by atoms with E-state index < -0.39 is 17.8 Å². The lowest BCUT2D eigenvalue weighted by Gasteiger charge is -2.32. The number of hydrogen-bond donors (Lipinski definition) is 0. The number of benzene rings is 1. The highest BCUT2D eigenvalue weighted by Gasteiger charge is 2.44. The molecule has 1 aromatic carbocycles. The maximum absolute atomic E-state index is 13.2. The van der Waals surface area contributed by atoms with Crippen LogP contribution in [0.3, 0.4) is 0 Å². The van der Waals surface area contributed by atoms with Crippen molar-refractivity contribution in [3.05, 3.63) is 30.1 Å². The second kappa shape index (κ2) is 9.25. The van der Waals surface area contributed by atoms with Crippen LogP contribution in [0.15, 0.2) is 24.3 Å². The van der Waals surface area contributed by atoms with Gasteiger partial charge in [-0.25, -0.2) is 9.29 Å². The van der Waals surface area contributed by atoms with Crippen LogP contribution in [0.1, 0.15) is 26.2 Å². The number of halogens is 1. The van der Waals surface area contributed by atoms with E-state index >= 15 is 0 Å². The fourth-order valence-corrected chi connectivity index (χ4v) is 3.61. The van der Waals surface area contributed by atoms with Gasteiger partial charge in [-0.3, -0.25) is 19.3 Å². The molecule has 0 spiro atoms. The molecule has 1 atom stereocenters. The highest BCUT2D eigenvalue weighted by Crippen LogP contribution is 2.26.